The van der Waals surface area contributed by atoms with E-state index < -0.39 is 173 Å². The zero-order valence-electron chi connectivity index (χ0n) is 80.0. The molecule has 131 heavy (non-hydrogen) atoms. The molecule has 0 spiro atoms. The number of carbonyl (C=O) groups is 15. The topological polar surface area (TPSA) is 772 Å². The van der Waals surface area contributed by atoms with Gasteiger partial charge in [-0.3, -0.25) is 96.9 Å². The summed E-state index contributed by atoms with van der Waals surface area (Å²) in [5.74, 6) is -13.7. The van der Waals surface area contributed by atoms with Gasteiger partial charge in [0.05, 0.1) is 0 Å². The molecule has 47 heteroatoms. The van der Waals surface area contributed by atoms with Crippen molar-refractivity contribution < 1.29 is 71.9 Å². The van der Waals surface area contributed by atoms with Gasteiger partial charge < -0.3 is 138 Å². The van der Waals surface area contributed by atoms with Crippen LogP contribution in [0.1, 0.15) is 226 Å². The molecule has 0 aromatic carbocycles. The summed E-state index contributed by atoms with van der Waals surface area (Å²) in [4.78, 5) is 235. The number of rotatable bonds is 68. The summed E-state index contributed by atoms with van der Waals surface area (Å²) in [5, 5.41) is 38.5. The van der Waals surface area contributed by atoms with Gasteiger partial charge in [0.2, 0.25) is 88.6 Å². The maximum Gasteiger partial charge on any atom is 0.243 e. The quantitative estimate of drug-likeness (QED) is 0.0159. The van der Waals surface area contributed by atoms with Crippen molar-refractivity contribution in [2.45, 2.75) is 310 Å². The Balaban J connectivity index is 7.72. The number of hydrogen-bond acceptors (Lipinski definition) is 22. The molecular formula is C84H160N30O15S2. The molecule has 0 bridgehead atoms. The molecule has 0 saturated heterocycles. The Morgan fingerprint density at radius 1 is 0.214 bits per heavy atom. The summed E-state index contributed by atoms with van der Waals surface area (Å²) in [6.07, 6.45) is 4.44. The normalized spacial score (nSPS) is 14.5. The minimum Gasteiger partial charge on any atom is -0.370 e. The number of nitrogens with zero attached hydrogens (tertiary/aromatic N) is 5. The van der Waals surface area contributed by atoms with Crippen LogP contribution in [0.15, 0.2) is 25.0 Å². The average Bonchev–Trinajstić information content (AvgIpc) is 0.845. The third-order valence-corrected chi connectivity index (χ3v) is 21.1. The highest BCUT2D eigenvalue weighted by Gasteiger charge is 2.39. The van der Waals surface area contributed by atoms with Crippen LogP contribution >= 0.6 is 23.5 Å². The molecule has 0 aliphatic carbocycles. The van der Waals surface area contributed by atoms with Crippen molar-refractivity contribution in [1.82, 2.24) is 74.4 Å². The van der Waals surface area contributed by atoms with Gasteiger partial charge in [-0.2, -0.15) is 23.5 Å². The summed E-state index contributed by atoms with van der Waals surface area (Å²) in [6.45, 7) is 26.7. The van der Waals surface area contributed by atoms with E-state index in [1.807, 2.05) is 41.5 Å². The fourth-order valence-electron chi connectivity index (χ4n) is 13.6. The Morgan fingerprint density at radius 2 is 0.351 bits per heavy atom. The van der Waals surface area contributed by atoms with Crippen LogP contribution in [-0.2, 0) is 71.9 Å². The van der Waals surface area contributed by atoms with E-state index in [0.717, 1.165) is 0 Å². The molecule has 0 aromatic heterocycles. The summed E-state index contributed by atoms with van der Waals surface area (Å²) in [5.41, 5.74) is 61.8. The highest BCUT2D eigenvalue weighted by atomic mass is 32.2. The first-order valence-electron chi connectivity index (χ1n) is 45.1. The van der Waals surface area contributed by atoms with Crippen LogP contribution in [0.5, 0.6) is 0 Å². The average molecular weight is 1890 g/mol. The number of carbonyl (C=O) groups excluding carboxylic acids is 15. The number of amides is 15. The van der Waals surface area contributed by atoms with Gasteiger partial charge in [0.1, 0.15) is 84.6 Å². The van der Waals surface area contributed by atoms with Crippen molar-refractivity contribution in [3.8, 4) is 0 Å². The van der Waals surface area contributed by atoms with Crippen LogP contribution in [-0.4, -0.2) is 260 Å². The van der Waals surface area contributed by atoms with Gasteiger partial charge in [0, 0.05) is 39.6 Å². The monoisotopic (exact) mass is 1890 g/mol. The van der Waals surface area contributed by atoms with E-state index in [-0.39, 0.29) is 225 Å². The summed E-state index contributed by atoms with van der Waals surface area (Å²) in [6, 6.07) is -18.4. The van der Waals surface area contributed by atoms with Gasteiger partial charge in [0.25, 0.3) is 0 Å². The van der Waals surface area contributed by atoms with Crippen LogP contribution in [0.3, 0.4) is 0 Å². The SMILES string of the molecule is CSCC[C@H](NC(=O)[C@H](CCCN=C(N)N)NC(=O)[C@H](CC(C)C)NC(=O)[C@H](CCCN=C(N)N)NC(=O)[C@H](CCSC)NC(=O)[C@H](CC(C)C)NC(=O)[C@H](CCCN=C(N)N)NC(=O)[C@H](CC(C)C)NC(=O)[C@H](CC(C)C)NC(=O)[C@H](CCCN=C(N)N)NC(C)=O)C(=O)N[C@@H](CC(C)C)C(=O)N[C@@H](CC(C)C)C(=O)N[C@@H](CCCN=C(N)N)C(=O)N[C@@H](CC(C)C)C(N)=O. The number of aliphatic imine (C=N–C) groups is 5. The molecule has 0 aliphatic rings. The number of hydrogen-bond donors (Lipinski definition) is 25. The number of nitrogens with two attached hydrogens (primary N) is 11. The molecule has 0 fully saturated rings. The van der Waals surface area contributed by atoms with Gasteiger partial charge in [-0.1, -0.05) is 96.9 Å². The van der Waals surface area contributed by atoms with Gasteiger partial charge in [-0.25, -0.2) is 0 Å². The van der Waals surface area contributed by atoms with Crippen LogP contribution in [0.4, 0.5) is 0 Å². The Morgan fingerprint density at radius 3 is 0.496 bits per heavy atom. The van der Waals surface area contributed by atoms with Crippen LogP contribution in [0, 0.1) is 41.4 Å². The van der Waals surface area contributed by atoms with Crippen molar-refractivity contribution in [3.63, 3.8) is 0 Å². The lowest BCUT2D eigenvalue weighted by Crippen LogP contribution is -2.61. The lowest BCUT2D eigenvalue weighted by atomic mass is 9.99. The first kappa shape index (κ1) is 120. The second kappa shape index (κ2) is 65.6. The lowest BCUT2D eigenvalue weighted by molar-refractivity contribution is -0.136. The van der Waals surface area contributed by atoms with Crippen molar-refractivity contribution in [1.29, 1.82) is 0 Å². The van der Waals surface area contributed by atoms with E-state index in [2.05, 4.69) is 99.4 Å². The fraction of sp³-hybridized carbons (Fsp3) is 0.762. The maximum atomic E-state index is 15.0. The number of nitrogens with one attached hydrogen (secondary N) is 14. The van der Waals surface area contributed by atoms with E-state index in [1.165, 1.54) is 30.4 Å². The second-order valence-corrected chi connectivity index (χ2v) is 37.6. The van der Waals surface area contributed by atoms with Crippen molar-refractivity contribution >= 4 is 142 Å². The van der Waals surface area contributed by atoms with Crippen LogP contribution < -0.4 is 138 Å². The molecule has 0 aliphatic heterocycles. The van der Waals surface area contributed by atoms with E-state index >= 15 is 4.79 Å². The lowest BCUT2D eigenvalue weighted by Gasteiger charge is -2.29. The standard InChI is InChI=1S/C84H160N30O15S2/c1-44(2)37-59(66(85)116)108-69(119)54(25-20-32-98-82(90)91)104-75(125)62(40-47(7)8)114-79(129)65(43-50(13)14)112-73(123)58(29-36-131-17)106-68(118)53(24-19-31-97-81(88)89)103-74(124)60(38-45(3)4)110-70(120)55(26-21-33-99-83(92)93)102-72(122)57(28-35-130-16)107-77(127)61(39-46(5)6)111-71(121)56(27-22-34-100-84(94)95)105-76(126)63(41-48(9)10)113-78(128)64(42-49(11)12)109-67(117)52(101-51(15)115)23-18-30-96-80(86)87/h44-50,52-65H,18-43H2,1-17H3,(H2,85,116)(H,101,115)(H,102,122)(H,103,124)(H,104,125)(H,105,126)(H,106,118)(H,107,127)(H,108,119)(H,109,117)(H,110,120)(H,111,121)(H,112,123)(H,113,128)(H,114,129)(H4,86,87,96)(H4,88,89,97)(H4,90,91,98)(H4,92,93,99)(H4,94,95,100)/t52-,53-,54-,55-,56-,57-,58-,59-,60-,61-,62-,63-,64-,65-/m0/s1. The molecule has 14 atom stereocenters. The maximum absolute atomic E-state index is 15.0. The first-order chi connectivity index (χ1) is 61.3. The Hall–Kier alpha value is -10.9. The van der Waals surface area contributed by atoms with Gasteiger partial charge >= 0.3 is 0 Å². The van der Waals surface area contributed by atoms with Crippen LogP contribution in [0.25, 0.3) is 0 Å². The smallest absolute Gasteiger partial charge is 0.243 e. The molecule has 36 N–H and O–H groups in total. The molecule has 15 amide bonds. The summed E-state index contributed by atoms with van der Waals surface area (Å²) < 4.78 is 0. The molecule has 45 nitrogen and oxygen atoms in total. The minimum absolute atomic E-state index is 0.00170. The van der Waals surface area contributed by atoms with Gasteiger partial charge in [-0.05, 0) is 187 Å². The summed E-state index contributed by atoms with van der Waals surface area (Å²) >= 11 is 2.68. The summed E-state index contributed by atoms with van der Waals surface area (Å²) in [7, 11) is 0. The van der Waals surface area contributed by atoms with Crippen LogP contribution in [0.2, 0.25) is 0 Å². The van der Waals surface area contributed by atoms with Gasteiger partial charge in [0.15, 0.2) is 29.8 Å². The van der Waals surface area contributed by atoms with E-state index in [0.29, 0.717) is 12.2 Å². The molecule has 0 rings (SSSR count). The Labute approximate surface area is 781 Å². The van der Waals surface area contributed by atoms with E-state index in [9.17, 15) is 67.1 Å². The number of thioether (sulfide) groups is 2. The van der Waals surface area contributed by atoms with Crippen molar-refractivity contribution in [2.24, 2.45) is 129 Å². The van der Waals surface area contributed by atoms with E-state index in [1.54, 1.807) is 67.9 Å². The number of guanidine groups is 5. The molecular weight excluding hydrogens is 1730 g/mol. The number of primary amides is 1. The molecule has 0 saturated carbocycles. The highest BCUT2D eigenvalue weighted by Crippen LogP contribution is 2.19. The largest absolute Gasteiger partial charge is 0.370 e. The predicted molar refractivity (Wildman–Crippen MR) is 514 cm³/mol. The fourth-order valence-corrected chi connectivity index (χ4v) is 14.5. The van der Waals surface area contributed by atoms with E-state index in [4.69, 9.17) is 63.1 Å². The van der Waals surface area contributed by atoms with Gasteiger partial charge in [-0.15, -0.1) is 0 Å². The zero-order valence-corrected chi connectivity index (χ0v) is 81.7. The molecule has 748 valence electrons. The predicted octanol–water partition coefficient (Wildman–Crippen LogP) is -3.62. The molecule has 0 aromatic rings. The molecule has 0 radical (unpaired) electrons. The van der Waals surface area contributed by atoms with Crippen molar-refractivity contribution in [3.05, 3.63) is 0 Å². The third-order valence-electron chi connectivity index (χ3n) is 19.8. The first-order valence-corrected chi connectivity index (χ1v) is 47.9. The minimum atomic E-state index is -1.47. The molecule has 0 heterocycles. The zero-order chi connectivity index (χ0) is 99.9. The molecule has 0 unspecified atom stereocenters. The van der Waals surface area contributed by atoms with Crippen molar-refractivity contribution in [2.75, 3.05) is 56.7 Å². The second-order valence-electron chi connectivity index (χ2n) is 35.7. The highest BCUT2D eigenvalue weighted by molar-refractivity contribution is 7.98. The third kappa shape index (κ3) is 55.1. The Kier molecular flexibility index (Phi) is 60.2. The Bertz CT molecular complexity index is 3750.